The van der Waals surface area contributed by atoms with Gasteiger partial charge in [-0.2, -0.15) is 5.10 Å². The number of carbonyl (C=O) groups is 1. The van der Waals surface area contributed by atoms with Crippen molar-refractivity contribution in [2.45, 2.75) is 26.7 Å². The Hall–Kier alpha value is -2.94. The lowest BCUT2D eigenvalue weighted by atomic mass is 10.2. The molecule has 0 saturated carbocycles. The van der Waals surface area contributed by atoms with Gasteiger partial charge in [0, 0.05) is 11.8 Å². The molecule has 0 unspecified atom stereocenters. The molecule has 0 aliphatic carbocycles. The normalized spacial score (nSPS) is 10.7. The molecule has 1 amide bonds. The van der Waals surface area contributed by atoms with Gasteiger partial charge in [0.05, 0.1) is 25.8 Å². The highest BCUT2D eigenvalue weighted by Crippen LogP contribution is 2.28. The summed E-state index contributed by atoms with van der Waals surface area (Å²) >= 11 is 4.87. The van der Waals surface area contributed by atoms with E-state index in [2.05, 4.69) is 20.5 Å². The summed E-state index contributed by atoms with van der Waals surface area (Å²) < 4.78 is 11.4. The minimum atomic E-state index is -0.379. The second-order valence-electron chi connectivity index (χ2n) is 5.57. The molecule has 0 fully saturated rings. The van der Waals surface area contributed by atoms with Crippen molar-refractivity contribution in [3.05, 3.63) is 50.6 Å². The zero-order valence-corrected chi connectivity index (χ0v) is 16.0. The van der Waals surface area contributed by atoms with Gasteiger partial charge in [0.1, 0.15) is 0 Å². The van der Waals surface area contributed by atoms with Gasteiger partial charge in [0.2, 0.25) is 5.91 Å². The molecular weight excluding hydrogens is 368 g/mol. The highest BCUT2D eigenvalue weighted by atomic mass is 32.1. The second kappa shape index (κ2) is 10.3. The smallest absolute Gasteiger partial charge is 0.251 e. The van der Waals surface area contributed by atoms with E-state index in [1.54, 1.807) is 12.1 Å². The zero-order chi connectivity index (χ0) is 19.6. The number of nitrogens with one attached hydrogen (secondary N) is 3. The molecular formula is C18H22N4O4S. The molecule has 8 nitrogen and oxygen atoms in total. The fourth-order valence-corrected chi connectivity index (χ4v) is 2.44. The van der Waals surface area contributed by atoms with Crippen LogP contribution in [0.4, 0.5) is 0 Å². The lowest BCUT2D eigenvalue weighted by Gasteiger charge is -2.11. The Bertz CT molecular complexity index is 892. The van der Waals surface area contributed by atoms with Gasteiger partial charge in [-0.1, -0.05) is 6.92 Å². The SMILES string of the molecule is CCCOc1ccc(/C=N\NC(=O)Cc2cc(=O)[nH]c(=S)[nH]2)cc1OCC. The van der Waals surface area contributed by atoms with Crippen molar-refractivity contribution >= 4 is 24.3 Å². The second-order valence-corrected chi connectivity index (χ2v) is 5.98. The number of hydrogen-bond acceptors (Lipinski definition) is 6. The van der Waals surface area contributed by atoms with Crippen molar-refractivity contribution in [1.82, 2.24) is 15.4 Å². The van der Waals surface area contributed by atoms with Gasteiger partial charge in [-0.25, -0.2) is 5.43 Å². The van der Waals surface area contributed by atoms with Gasteiger partial charge in [0.25, 0.3) is 5.56 Å². The van der Waals surface area contributed by atoms with Crippen LogP contribution in [0, 0.1) is 4.77 Å². The van der Waals surface area contributed by atoms with E-state index < -0.39 is 0 Å². The number of H-pyrrole nitrogens is 2. The highest BCUT2D eigenvalue weighted by Gasteiger charge is 2.06. The minimum absolute atomic E-state index is 0.0428. The molecule has 0 radical (unpaired) electrons. The molecule has 1 aromatic carbocycles. The summed E-state index contributed by atoms with van der Waals surface area (Å²) in [6.45, 7) is 5.04. The third kappa shape index (κ3) is 6.70. The van der Waals surface area contributed by atoms with Gasteiger partial charge < -0.3 is 14.5 Å². The van der Waals surface area contributed by atoms with Crippen LogP contribution in [0.5, 0.6) is 11.5 Å². The van der Waals surface area contributed by atoms with Crippen molar-refractivity contribution in [2.24, 2.45) is 5.10 Å². The molecule has 1 heterocycles. The molecule has 0 spiro atoms. The average Bonchev–Trinajstić information content (AvgIpc) is 2.60. The Morgan fingerprint density at radius 3 is 2.74 bits per heavy atom. The predicted molar refractivity (Wildman–Crippen MR) is 105 cm³/mol. The summed E-state index contributed by atoms with van der Waals surface area (Å²) in [5.41, 5.74) is 3.21. The molecule has 27 heavy (non-hydrogen) atoms. The molecule has 2 aromatic rings. The van der Waals surface area contributed by atoms with E-state index in [0.29, 0.717) is 30.4 Å². The molecule has 1 aromatic heterocycles. The zero-order valence-electron chi connectivity index (χ0n) is 15.2. The Labute approximate surface area is 161 Å². The van der Waals surface area contributed by atoms with Crippen molar-refractivity contribution < 1.29 is 14.3 Å². The number of nitrogens with zero attached hydrogens (tertiary/aromatic N) is 1. The lowest BCUT2D eigenvalue weighted by molar-refractivity contribution is -0.120. The van der Waals surface area contributed by atoms with Crippen LogP contribution in [-0.4, -0.2) is 35.3 Å². The van der Waals surface area contributed by atoms with Crippen LogP contribution in [0.25, 0.3) is 0 Å². The number of aromatic nitrogens is 2. The topological polar surface area (TPSA) is 109 Å². The number of amides is 1. The number of ether oxygens (including phenoxy) is 2. The fourth-order valence-electron chi connectivity index (χ4n) is 2.21. The van der Waals surface area contributed by atoms with Crippen LogP contribution in [0.2, 0.25) is 0 Å². The molecule has 9 heteroatoms. The molecule has 0 aliphatic rings. The minimum Gasteiger partial charge on any atom is -0.490 e. The first-order chi connectivity index (χ1) is 13.0. The average molecular weight is 390 g/mol. The van der Waals surface area contributed by atoms with Crippen LogP contribution in [-0.2, 0) is 11.2 Å². The summed E-state index contributed by atoms with van der Waals surface area (Å²) in [6, 6.07) is 6.69. The van der Waals surface area contributed by atoms with Crippen molar-refractivity contribution in [1.29, 1.82) is 0 Å². The van der Waals surface area contributed by atoms with Crippen LogP contribution in [0.1, 0.15) is 31.5 Å². The van der Waals surface area contributed by atoms with Gasteiger partial charge >= 0.3 is 0 Å². The molecule has 0 atom stereocenters. The van der Waals surface area contributed by atoms with Crippen molar-refractivity contribution in [2.75, 3.05) is 13.2 Å². The number of rotatable bonds is 9. The molecule has 2 rings (SSSR count). The number of hydrazone groups is 1. The van der Waals surface area contributed by atoms with Crippen LogP contribution >= 0.6 is 12.2 Å². The Balaban J connectivity index is 2.00. The van der Waals surface area contributed by atoms with E-state index >= 15 is 0 Å². The van der Waals surface area contributed by atoms with Gasteiger partial charge in [0.15, 0.2) is 16.3 Å². The van der Waals surface area contributed by atoms with Crippen LogP contribution in [0.15, 0.2) is 34.2 Å². The highest BCUT2D eigenvalue weighted by molar-refractivity contribution is 7.71. The maximum absolute atomic E-state index is 11.9. The number of hydrogen-bond donors (Lipinski definition) is 3. The van der Waals surface area contributed by atoms with E-state index in [-0.39, 0.29) is 22.7 Å². The first-order valence-electron chi connectivity index (χ1n) is 8.56. The van der Waals surface area contributed by atoms with Crippen molar-refractivity contribution in [3.8, 4) is 11.5 Å². The third-order valence-electron chi connectivity index (χ3n) is 3.30. The van der Waals surface area contributed by atoms with E-state index in [0.717, 1.165) is 12.0 Å². The summed E-state index contributed by atoms with van der Waals surface area (Å²) in [5, 5.41) is 3.93. The Morgan fingerprint density at radius 1 is 1.22 bits per heavy atom. The number of carbonyl (C=O) groups excluding carboxylic acids is 1. The number of benzene rings is 1. The molecule has 0 saturated heterocycles. The summed E-state index contributed by atoms with van der Waals surface area (Å²) in [6.07, 6.45) is 2.36. The van der Waals surface area contributed by atoms with E-state index in [4.69, 9.17) is 21.7 Å². The largest absolute Gasteiger partial charge is 0.490 e. The summed E-state index contributed by atoms with van der Waals surface area (Å²) in [7, 11) is 0. The van der Waals surface area contributed by atoms with Crippen molar-refractivity contribution in [3.63, 3.8) is 0 Å². The van der Waals surface area contributed by atoms with Gasteiger partial charge in [-0.15, -0.1) is 0 Å². The lowest BCUT2D eigenvalue weighted by Crippen LogP contribution is -2.21. The Morgan fingerprint density at radius 2 is 2.04 bits per heavy atom. The molecule has 144 valence electrons. The van der Waals surface area contributed by atoms with Crippen LogP contribution in [0.3, 0.4) is 0 Å². The predicted octanol–water partition coefficient (Wildman–Crippen LogP) is 2.31. The standard InChI is InChI=1S/C18H22N4O4S/c1-3-7-26-14-6-5-12(8-15(14)25-4-2)11-19-22-17(24)10-13-9-16(23)21-18(27)20-13/h5-6,8-9,11H,3-4,7,10H2,1-2H3,(H,22,24)(H2,20,21,23,27)/b19-11-. The van der Waals surface area contributed by atoms with E-state index in [1.807, 2.05) is 19.9 Å². The first-order valence-corrected chi connectivity index (χ1v) is 8.96. The summed E-state index contributed by atoms with van der Waals surface area (Å²) in [4.78, 5) is 28.4. The molecule has 3 N–H and O–H groups in total. The van der Waals surface area contributed by atoms with E-state index in [9.17, 15) is 9.59 Å². The quantitative estimate of drug-likeness (QED) is 0.346. The summed E-state index contributed by atoms with van der Waals surface area (Å²) in [5.74, 6) is 0.914. The molecule has 0 bridgehead atoms. The Kier molecular flexibility index (Phi) is 7.75. The fraction of sp³-hybridized carbons (Fsp3) is 0.333. The maximum Gasteiger partial charge on any atom is 0.251 e. The van der Waals surface area contributed by atoms with Crippen LogP contribution < -0.4 is 20.5 Å². The monoisotopic (exact) mass is 390 g/mol. The van der Waals surface area contributed by atoms with Gasteiger partial charge in [-0.05, 0) is 49.3 Å². The maximum atomic E-state index is 11.9. The third-order valence-corrected chi connectivity index (χ3v) is 3.50. The van der Waals surface area contributed by atoms with Gasteiger partial charge in [-0.3, -0.25) is 14.6 Å². The van der Waals surface area contributed by atoms with E-state index in [1.165, 1.54) is 12.3 Å². The molecule has 0 aliphatic heterocycles. The number of aromatic amines is 2. The first kappa shape index (κ1) is 20.4.